The van der Waals surface area contributed by atoms with Crippen molar-refractivity contribution in [1.29, 1.82) is 0 Å². The fraction of sp³-hybridized carbons (Fsp3) is 0.105. The molecule has 0 aliphatic heterocycles. The van der Waals surface area contributed by atoms with E-state index in [-0.39, 0.29) is 11.3 Å². The lowest BCUT2D eigenvalue weighted by Crippen LogP contribution is -2.14. The van der Waals surface area contributed by atoms with Crippen LogP contribution in [0.2, 0.25) is 0 Å². The molecule has 1 aromatic heterocycles. The SMILES string of the molecule is COc1ccc([N+](=O)[O-])c(C(=O)Nc2cccc(-c3sccc3C)c2)c1. The number of nitro groups is 1. The van der Waals surface area contributed by atoms with Gasteiger partial charge in [0.25, 0.3) is 11.6 Å². The van der Waals surface area contributed by atoms with Gasteiger partial charge in [0.2, 0.25) is 0 Å². The van der Waals surface area contributed by atoms with Crippen LogP contribution in [-0.2, 0) is 0 Å². The van der Waals surface area contributed by atoms with Crippen LogP contribution in [0.4, 0.5) is 11.4 Å². The minimum Gasteiger partial charge on any atom is -0.497 e. The number of nitrogens with zero attached hydrogens (tertiary/aromatic N) is 1. The number of thiophene rings is 1. The number of ether oxygens (including phenoxy) is 1. The molecular weight excluding hydrogens is 352 g/mol. The van der Waals surface area contributed by atoms with Crippen molar-refractivity contribution in [2.45, 2.75) is 6.92 Å². The van der Waals surface area contributed by atoms with Gasteiger partial charge in [-0.1, -0.05) is 12.1 Å². The highest BCUT2D eigenvalue weighted by molar-refractivity contribution is 7.13. The summed E-state index contributed by atoms with van der Waals surface area (Å²) >= 11 is 1.62. The van der Waals surface area contributed by atoms with E-state index in [2.05, 4.69) is 5.32 Å². The summed E-state index contributed by atoms with van der Waals surface area (Å²) in [6.07, 6.45) is 0. The van der Waals surface area contributed by atoms with Gasteiger partial charge in [0.05, 0.1) is 12.0 Å². The van der Waals surface area contributed by atoms with Crippen LogP contribution < -0.4 is 10.1 Å². The molecule has 132 valence electrons. The molecule has 0 aliphatic rings. The molecule has 3 rings (SSSR count). The average molecular weight is 368 g/mol. The lowest BCUT2D eigenvalue weighted by atomic mass is 10.1. The summed E-state index contributed by atoms with van der Waals surface area (Å²) in [5.74, 6) is -0.181. The zero-order valence-electron chi connectivity index (χ0n) is 14.2. The lowest BCUT2D eigenvalue weighted by molar-refractivity contribution is -0.385. The molecule has 6 nitrogen and oxygen atoms in total. The van der Waals surface area contributed by atoms with Crippen LogP contribution in [0.3, 0.4) is 0 Å². The van der Waals surface area contributed by atoms with E-state index < -0.39 is 10.8 Å². The van der Waals surface area contributed by atoms with Gasteiger partial charge in [-0.3, -0.25) is 14.9 Å². The predicted molar refractivity (Wildman–Crippen MR) is 102 cm³/mol. The number of nitrogens with one attached hydrogen (secondary N) is 1. The van der Waals surface area contributed by atoms with Crippen LogP contribution in [-0.4, -0.2) is 17.9 Å². The Bertz CT molecular complexity index is 981. The topological polar surface area (TPSA) is 81.5 Å². The number of nitro benzene ring substituents is 1. The van der Waals surface area contributed by atoms with Crippen molar-refractivity contribution in [2.24, 2.45) is 0 Å². The first kappa shape index (κ1) is 17.6. The van der Waals surface area contributed by atoms with Crippen molar-refractivity contribution in [3.63, 3.8) is 0 Å². The molecule has 3 aromatic rings. The standard InChI is InChI=1S/C19H16N2O4S/c1-12-8-9-26-18(12)13-4-3-5-14(10-13)20-19(22)16-11-15(25-2)6-7-17(16)21(23)24/h3-11H,1-2H3,(H,20,22). The van der Waals surface area contributed by atoms with Gasteiger partial charge in [-0.15, -0.1) is 11.3 Å². The highest BCUT2D eigenvalue weighted by atomic mass is 32.1. The zero-order chi connectivity index (χ0) is 18.7. The van der Waals surface area contributed by atoms with Crippen LogP contribution in [0, 0.1) is 17.0 Å². The van der Waals surface area contributed by atoms with E-state index in [0.717, 1.165) is 16.0 Å². The summed E-state index contributed by atoms with van der Waals surface area (Å²) in [4.78, 5) is 24.4. The summed E-state index contributed by atoms with van der Waals surface area (Å²) in [5, 5.41) is 16.0. The maximum Gasteiger partial charge on any atom is 0.282 e. The molecule has 0 bridgehead atoms. The van der Waals surface area contributed by atoms with Gasteiger partial charge in [0.15, 0.2) is 0 Å². The monoisotopic (exact) mass is 368 g/mol. The summed E-state index contributed by atoms with van der Waals surface area (Å²) in [6, 6.07) is 13.5. The van der Waals surface area contributed by atoms with Crippen molar-refractivity contribution < 1.29 is 14.5 Å². The first-order valence-electron chi connectivity index (χ1n) is 7.78. The largest absolute Gasteiger partial charge is 0.497 e. The third kappa shape index (κ3) is 3.57. The number of benzene rings is 2. The van der Waals surface area contributed by atoms with Crippen LogP contribution in [0.5, 0.6) is 5.75 Å². The fourth-order valence-electron chi connectivity index (χ4n) is 2.59. The zero-order valence-corrected chi connectivity index (χ0v) is 15.0. The Morgan fingerprint density at radius 1 is 1.19 bits per heavy atom. The molecule has 0 spiro atoms. The van der Waals surface area contributed by atoms with E-state index >= 15 is 0 Å². The van der Waals surface area contributed by atoms with Crippen molar-refractivity contribution in [3.05, 3.63) is 75.2 Å². The minimum absolute atomic E-state index is 0.0490. The molecule has 26 heavy (non-hydrogen) atoms. The molecule has 1 N–H and O–H groups in total. The second kappa shape index (κ2) is 7.37. The van der Waals surface area contributed by atoms with Crippen molar-refractivity contribution in [3.8, 4) is 16.2 Å². The number of methoxy groups -OCH3 is 1. The average Bonchev–Trinajstić information content (AvgIpc) is 3.07. The smallest absolute Gasteiger partial charge is 0.282 e. The first-order chi connectivity index (χ1) is 12.5. The number of carbonyl (C=O) groups is 1. The number of aryl methyl sites for hydroxylation is 1. The summed E-state index contributed by atoms with van der Waals surface area (Å²) in [7, 11) is 1.44. The van der Waals surface area contributed by atoms with E-state index in [9.17, 15) is 14.9 Å². The van der Waals surface area contributed by atoms with Gasteiger partial charge >= 0.3 is 0 Å². The Kier molecular flexibility index (Phi) is 4.99. The number of anilines is 1. The molecule has 2 aromatic carbocycles. The van der Waals surface area contributed by atoms with Crippen molar-refractivity contribution >= 4 is 28.6 Å². The minimum atomic E-state index is -0.584. The normalized spacial score (nSPS) is 10.4. The predicted octanol–water partition coefficient (Wildman–Crippen LogP) is 4.89. The quantitative estimate of drug-likeness (QED) is 0.513. The molecule has 0 atom stereocenters. The van der Waals surface area contributed by atoms with Gasteiger partial charge in [0, 0.05) is 16.6 Å². The molecule has 0 unspecified atom stereocenters. The highest BCUT2D eigenvalue weighted by Crippen LogP contribution is 2.31. The molecule has 0 saturated heterocycles. The summed E-state index contributed by atoms with van der Waals surface area (Å²) < 4.78 is 5.07. The van der Waals surface area contributed by atoms with E-state index in [1.165, 1.54) is 25.3 Å². The molecule has 0 radical (unpaired) electrons. The van der Waals surface area contributed by atoms with Crippen LogP contribution in [0.1, 0.15) is 15.9 Å². The van der Waals surface area contributed by atoms with Gasteiger partial charge in [-0.05, 0) is 53.8 Å². The molecule has 0 aliphatic carbocycles. The van der Waals surface area contributed by atoms with Crippen molar-refractivity contribution in [1.82, 2.24) is 0 Å². The van der Waals surface area contributed by atoms with E-state index in [1.54, 1.807) is 17.4 Å². The fourth-order valence-corrected chi connectivity index (χ4v) is 3.51. The van der Waals surface area contributed by atoms with Gasteiger partial charge in [-0.2, -0.15) is 0 Å². The van der Waals surface area contributed by atoms with Crippen LogP contribution >= 0.6 is 11.3 Å². The second-order valence-corrected chi connectivity index (χ2v) is 6.52. The maximum atomic E-state index is 12.6. The van der Waals surface area contributed by atoms with Gasteiger partial charge < -0.3 is 10.1 Å². The lowest BCUT2D eigenvalue weighted by Gasteiger charge is -2.09. The van der Waals surface area contributed by atoms with Gasteiger partial charge in [0.1, 0.15) is 11.3 Å². The van der Waals surface area contributed by atoms with E-state index in [4.69, 9.17) is 4.74 Å². The molecule has 7 heteroatoms. The summed E-state index contributed by atoms with van der Waals surface area (Å²) in [6.45, 7) is 2.02. The maximum absolute atomic E-state index is 12.6. The number of hydrogen-bond donors (Lipinski definition) is 1. The van der Waals surface area contributed by atoms with Crippen molar-refractivity contribution in [2.75, 3.05) is 12.4 Å². The number of carbonyl (C=O) groups excluding carboxylic acids is 1. The Labute approximate surface area is 154 Å². The third-order valence-electron chi connectivity index (χ3n) is 3.89. The first-order valence-corrected chi connectivity index (χ1v) is 8.66. The van der Waals surface area contributed by atoms with Crippen LogP contribution in [0.25, 0.3) is 10.4 Å². The third-order valence-corrected chi connectivity index (χ3v) is 4.96. The molecule has 0 fully saturated rings. The van der Waals surface area contributed by atoms with E-state index in [0.29, 0.717) is 11.4 Å². The highest BCUT2D eigenvalue weighted by Gasteiger charge is 2.21. The molecule has 0 saturated carbocycles. The van der Waals surface area contributed by atoms with Gasteiger partial charge in [-0.25, -0.2) is 0 Å². The second-order valence-electron chi connectivity index (χ2n) is 5.61. The Morgan fingerprint density at radius 3 is 2.65 bits per heavy atom. The molecule has 1 amide bonds. The molecule has 1 heterocycles. The number of hydrogen-bond acceptors (Lipinski definition) is 5. The number of rotatable bonds is 5. The Balaban J connectivity index is 1.91. The van der Waals surface area contributed by atoms with Crippen LogP contribution in [0.15, 0.2) is 53.9 Å². The van der Waals surface area contributed by atoms with E-state index in [1.807, 2.05) is 36.6 Å². The Hall–Kier alpha value is -3.19. The Morgan fingerprint density at radius 2 is 2.00 bits per heavy atom. The number of amides is 1. The summed E-state index contributed by atoms with van der Waals surface area (Å²) in [5.41, 5.74) is 2.38. The molecular formula is C19H16N2O4S.